The van der Waals surface area contributed by atoms with Crippen LogP contribution in [-0.2, 0) is 12.7 Å². The van der Waals surface area contributed by atoms with Crippen LogP contribution < -0.4 is 11.1 Å². The normalized spacial score (nSPS) is 11.3. The van der Waals surface area contributed by atoms with Crippen molar-refractivity contribution in [1.29, 1.82) is 5.26 Å². The average molecular weight is 496 g/mol. The topological polar surface area (TPSA) is 127 Å². The lowest BCUT2D eigenvalue weighted by atomic mass is 10.1. The number of hydrogen-bond acceptors (Lipinski definition) is 5. The fourth-order valence-corrected chi connectivity index (χ4v) is 3.66. The number of anilines is 1. The van der Waals surface area contributed by atoms with Crippen LogP contribution in [0.15, 0.2) is 48.5 Å². The maximum atomic E-state index is 13.8. The molecule has 4 rings (SSSR count). The lowest BCUT2D eigenvalue weighted by Gasteiger charge is -2.11. The van der Waals surface area contributed by atoms with Gasteiger partial charge in [0.05, 0.1) is 40.6 Å². The van der Waals surface area contributed by atoms with Crippen molar-refractivity contribution in [3.63, 3.8) is 0 Å². The molecule has 8 nitrogen and oxygen atoms in total. The van der Waals surface area contributed by atoms with Crippen molar-refractivity contribution < 1.29 is 27.2 Å². The molecule has 0 atom stereocenters. The van der Waals surface area contributed by atoms with Gasteiger partial charge in [0, 0.05) is 11.5 Å². The highest BCUT2D eigenvalue weighted by Gasteiger charge is 2.39. The maximum absolute atomic E-state index is 13.8. The molecule has 0 saturated carbocycles. The van der Waals surface area contributed by atoms with E-state index in [1.165, 1.54) is 19.1 Å². The lowest BCUT2D eigenvalue weighted by molar-refractivity contribution is -0.140. The zero-order valence-corrected chi connectivity index (χ0v) is 18.5. The summed E-state index contributed by atoms with van der Waals surface area (Å²) in [5.41, 5.74) is 3.60. The van der Waals surface area contributed by atoms with Crippen LogP contribution in [0.2, 0.25) is 0 Å². The highest BCUT2D eigenvalue weighted by Crippen LogP contribution is 2.36. The van der Waals surface area contributed by atoms with E-state index in [9.17, 15) is 27.2 Å². The Bertz CT molecular complexity index is 1570. The Balaban J connectivity index is 1.75. The summed E-state index contributed by atoms with van der Waals surface area (Å²) >= 11 is 0. The number of fused-ring (bicyclic) bond motifs is 1. The first kappa shape index (κ1) is 24.3. The lowest BCUT2D eigenvalue weighted by Crippen LogP contribution is -2.19. The number of nitrogens with one attached hydrogen (secondary N) is 1. The Morgan fingerprint density at radius 2 is 1.92 bits per heavy atom. The van der Waals surface area contributed by atoms with E-state index in [-0.39, 0.29) is 28.7 Å². The number of nitrogens with zero attached hydrogens (tertiary/aromatic N) is 4. The van der Waals surface area contributed by atoms with E-state index >= 15 is 0 Å². The Morgan fingerprint density at radius 1 is 1.17 bits per heavy atom. The molecule has 0 aliphatic rings. The molecule has 36 heavy (non-hydrogen) atoms. The van der Waals surface area contributed by atoms with Crippen LogP contribution in [0, 0.1) is 24.1 Å². The highest BCUT2D eigenvalue weighted by atomic mass is 19.4. The van der Waals surface area contributed by atoms with Crippen LogP contribution in [0.5, 0.6) is 0 Å². The first-order chi connectivity index (χ1) is 17.0. The average Bonchev–Trinajstić information content (AvgIpc) is 3.13. The first-order valence-corrected chi connectivity index (χ1v) is 10.3. The van der Waals surface area contributed by atoms with Crippen LogP contribution in [-0.4, -0.2) is 26.6 Å². The number of rotatable bonds is 5. The number of pyridine rings is 1. The predicted octanol–water partition coefficient (Wildman–Crippen LogP) is 4.17. The molecule has 0 aliphatic heterocycles. The van der Waals surface area contributed by atoms with E-state index in [2.05, 4.69) is 15.4 Å². The van der Waals surface area contributed by atoms with Crippen molar-refractivity contribution in [2.24, 2.45) is 5.73 Å². The molecule has 0 radical (unpaired) electrons. The molecule has 2 aromatic carbocycles. The molecule has 0 aliphatic carbocycles. The molecule has 12 heteroatoms. The summed E-state index contributed by atoms with van der Waals surface area (Å²) < 4.78 is 56.1. The van der Waals surface area contributed by atoms with Gasteiger partial charge in [0.25, 0.3) is 5.91 Å². The maximum Gasteiger partial charge on any atom is 0.437 e. The standard InChI is InChI=1S/C24H16F4N6O2/c1-12-20(21(24(26,27)28)33-34(12)11-14-4-2-3-13(7-14)10-29)32-23(36)19-9-17(22(30)35)16-6-5-15(25)8-18(16)31-19/h2-9H,11H2,1H3,(H2,30,35)(H,32,36). The first-order valence-electron chi connectivity index (χ1n) is 10.3. The monoisotopic (exact) mass is 496 g/mol. The van der Waals surface area contributed by atoms with Gasteiger partial charge in [-0.3, -0.25) is 14.3 Å². The second kappa shape index (κ2) is 9.10. The Hall–Kier alpha value is -4.79. The molecule has 0 unspecified atom stereocenters. The van der Waals surface area contributed by atoms with Gasteiger partial charge < -0.3 is 11.1 Å². The van der Waals surface area contributed by atoms with E-state index in [0.29, 0.717) is 11.1 Å². The molecule has 182 valence electrons. The number of benzene rings is 2. The molecule has 3 N–H and O–H groups in total. The number of primary amides is 1. The Labute approximate surface area is 201 Å². The van der Waals surface area contributed by atoms with Gasteiger partial charge in [0.15, 0.2) is 5.69 Å². The van der Waals surface area contributed by atoms with Crippen LogP contribution >= 0.6 is 0 Å². The summed E-state index contributed by atoms with van der Waals surface area (Å²) in [5, 5.41) is 15.0. The Kier molecular flexibility index (Phi) is 6.15. The van der Waals surface area contributed by atoms with E-state index < -0.39 is 40.9 Å². The number of aromatic nitrogens is 3. The Morgan fingerprint density at radius 3 is 2.58 bits per heavy atom. The minimum absolute atomic E-state index is 0.0139. The summed E-state index contributed by atoms with van der Waals surface area (Å²) in [7, 11) is 0. The van der Waals surface area contributed by atoms with Gasteiger partial charge in [0.1, 0.15) is 11.5 Å². The molecule has 2 amide bonds. The van der Waals surface area contributed by atoms with Gasteiger partial charge in [-0.25, -0.2) is 9.37 Å². The van der Waals surface area contributed by atoms with Gasteiger partial charge in [-0.05, 0) is 42.8 Å². The minimum atomic E-state index is -4.91. The number of halogens is 4. The number of amides is 2. The van der Waals surface area contributed by atoms with E-state index in [0.717, 1.165) is 22.9 Å². The van der Waals surface area contributed by atoms with Crippen molar-refractivity contribution in [2.75, 3.05) is 5.32 Å². The number of carbonyl (C=O) groups is 2. The smallest absolute Gasteiger partial charge is 0.366 e. The quantitative estimate of drug-likeness (QED) is 0.401. The van der Waals surface area contributed by atoms with Gasteiger partial charge >= 0.3 is 6.18 Å². The van der Waals surface area contributed by atoms with Crippen LogP contribution in [0.1, 0.15) is 43.4 Å². The third-order valence-electron chi connectivity index (χ3n) is 5.37. The summed E-state index contributed by atoms with van der Waals surface area (Å²) in [6.07, 6.45) is -4.91. The van der Waals surface area contributed by atoms with E-state index in [1.807, 2.05) is 6.07 Å². The molecule has 2 aromatic heterocycles. The molecule has 0 bridgehead atoms. The van der Waals surface area contributed by atoms with Crippen LogP contribution in [0.3, 0.4) is 0 Å². The summed E-state index contributed by atoms with van der Waals surface area (Å²) in [6, 6.07) is 12.6. The van der Waals surface area contributed by atoms with Crippen molar-refractivity contribution >= 4 is 28.4 Å². The van der Waals surface area contributed by atoms with Crippen LogP contribution in [0.25, 0.3) is 10.9 Å². The fraction of sp³-hybridized carbons (Fsp3) is 0.125. The second-order valence-electron chi connectivity index (χ2n) is 7.81. The predicted molar refractivity (Wildman–Crippen MR) is 120 cm³/mol. The minimum Gasteiger partial charge on any atom is -0.366 e. The van der Waals surface area contributed by atoms with Gasteiger partial charge in [-0.2, -0.15) is 23.5 Å². The van der Waals surface area contributed by atoms with Crippen LogP contribution in [0.4, 0.5) is 23.2 Å². The molecular formula is C24H16F4N6O2. The SMILES string of the molecule is Cc1c(NC(=O)c2cc(C(N)=O)c3ccc(F)cc3n2)c(C(F)(F)F)nn1Cc1cccc(C#N)c1. The van der Waals surface area contributed by atoms with E-state index in [1.54, 1.807) is 18.2 Å². The third kappa shape index (κ3) is 4.72. The third-order valence-corrected chi connectivity index (χ3v) is 5.37. The van der Waals surface area contributed by atoms with Gasteiger partial charge in [-0.1, -0.05) is 12.1 Å². The summed E-state index contributed by atoms with van der Waals surface area (Å²) in [5.74, 6) is -2.70. The molecular weight excluding hydrogens is 480 g/mol. The van der Waals surface area contributed by atoms with E-state index in [4.69, 9.17) is 11.0 Å². The van der Waals surface area contributed by atoms with Crippen molar-refractivity contribution in [2.45, 2.75) is 19.6 Å². The summed E-state index contributed by atoms with van der Waals surface area (Å²) in [6.45, 7) is 1.24. The number of nitriles is 1. The number of alkyl halides is 3. The van der Waals surface area contributed by atoms with Gasteiger partial charge in [-0.15, -0.1) is 0 Å². The number of nitrogens with two attached hydrogens (primary N) is 1. The van der Waals surface area contributed by atoms with Gasteiger partial charge in [0.2, 0.25) is 5.91 Å². The number of hydrogen-bond donors (Lipinski definition) is 2. The molecule has 0 spiro atoms. The molecule has 0 fully saturated rings. The molecule has 0 saturated heterocycles. The molecule has 4 aromatic rings. The number of carbonyl (C=O) groups excluding carboxylic acids is 2. The fourth-order valence-electron chi connectivity index (χ4n) is 3.66. The van der Waals surface area contributed by atoms with Crippen molar-refractivity contribution in [3.8, 4) is 6.07 Å². The largest absolute Gasteiger partial charge is 0.437 e. The zero-order chi connectivity index (χ0) is 26.2. The second-order valence-corrected chi connectivity index (χ2v) is 7.81. The highest BCUT2D eigenvalue weighted by molar-refractivity contribution is 6.10. The molecule has 2 heterocycles. The van der Waals surface area contributed by atoms with Crippen molar-refractivity contribution in [3.05, 3.63) is 88.1 Å². The summed E-state index contributed by atoms with van der Waals surface area (Å²) in [4.78, 5) is 28.8. The zero-order valence-electron chi connectivity index (χ0n) is 18.5. The van der Waals surface area contributed by atoms with Crippen molar-refractivity contribution in [1.82, 2.24) is 14.8 Å².